The first-order valence-corrected chi connectivity index (χ1v) is 6.42. The zero-order chi connectivity index (χ0) is 15.4. The number of carboxylic acid groups (broad SMARTS) is 1. The lowest BCUT2D eigenvalue weighted by atomic mass is 10.1. The third-order valence-electron chi connectivity index (χ3n) is 3.37. The van der Waals surface area contributed by atoms with Crippen molar-refractivity contribution in [3.8, 4) is 0 Å². The van der Waals surface area contributed by atoms with E-state index in [0.717, 1.165) is 6.08 Å². The number of hydrogen-bond donors (Lipinski definition) is 2. The molecule has 2 amide bonds. The highest BCUT2D eigenvalue weighted by molar-refractivity contribution is 5.99. The molecule has 1 fully saturated rings. The summed E-state index contributed by atoms with van der Waals surface area (Å²) in [6.45, 7) is 0.745. The standard InChI is InChI=1S/C14H15N3O4/c15-13(20)10-4-6-17(8-10)14(21)11-3-5-16-7-9(11)1-2-12(18)19/h1-3,5,7,10H,4,6,8H2,(H2,15,20)(H,18,19)/b2-1+. The van der Waals surface area contributed by atoms with E-state index in [0.29, 0.717) is 30.6 Å². The Hall–Kier alpha value is -2.70. The molecule has 0 saturated carbocycles. The summed E-state index contributed by atoms with van der Waals surface area (Å²) in [6.07, 6.45) is 5.71. The molecule has 21 heavy (non-hydrogen) atoms. The minimum absolute atomic E-state index is 0.258. The van der Waals surface area contributed by atoms with Crippen LogP contribution in [0.1, 0.15) is 22.3 Å². The molecule has 3 N–H and O–H groups in total. The van der Waals surface area contributed by atoms with Gasteiger partial charge in [-0.3, -0.25) is 14.6 Å². The van der Waals surface area contributed by atoms with Gasteiger partial charge in [0.1, 0.15) is 0 Å². The molecule has 2 heterocycles. The van der Waals surface area contributed by atoms with Gasteiger partial charge in [-0.2, -0.15) is 0 Å². The number of carbonyl (C=O) groups excluding carboxylic acids is 2. The van der Waals surface area contributed by atoms with Crippen molar-refractivity contribution in [3.05, 3.63) is 35.7 Å². The van der Waals surface area contributed by atoms with E-state index in [4.69, 9.17) is 10.8 Å². The van der Waals surface area contributed by atoms with E-state index in [9.17, 15) is 14.4 Å². The second-order valence-corrected chi connectivity index (χ2v) is 4.77. The molecule has 1 unspecified atom stereocenters. The second kappa shape index (κ2) is 6.17. The van der Waals surface area contributed by atoms with Crippen molar-refractivity contribution in [1.29, 1.82) is 0 Å². The molecule has 1 saturated heterocycles. The Morgan fingerprint density at radius 2 is 2.19 bits per heavy atom. The van der Waals surface area contributed by atoms with Crippen LogP contribution in [0.25, 0.3) is 6.08 Å². The van der Waals surface area contributed by atoms with Crippen molar-refractivity contribution in [2.45, 2.75) is 6.42 Å². The van der Waals surface area contributed by atoms with Crippen LogP contribution in [0.15, 0.2) is 24.5 Å². The van der Waals surface area contributed by atoms with Crippen LogP contribution in [0.4, 0.5) is 0 Å². The Labute approximate surface area is 121 Å². The lowest BCUT2D eigenvalue weighted by Gasteiger charge is -2.17. The van der Waals surface area contributed by atoms with Crippen molar-refractivity contribution in [2.75, 3.05) is 13.1 Å². The van der Waals surface area contributed by atoms with Gasteiger partial charge in [0.2, 0.25) is 5.91 Å². The normalized spacial score (nSPS) is 18.1. The maximum atomic E-state index is 12.4. The molecule has 110 valence electrons. The number of likely N-dealkylation sites (tertiary alicyclic amines) is 1. The van der Waals surface area contributed by atoms with Gasteiger partial charge in [-0.15, -0.1) is 0 Å². The van der Waals surface area contributed by atoms with E-state index in [1.807, 2.05) is 0 Å². The molecule has 1 aliphatic heterocycles. The first-order valence-electron chi connectivity index (χ1n) is 6.42. The highest BCUT2D eigenvalue weighted by atomic mass is 16.4. The SMILES string of the molecule is NC(=O)C1CCN(C(=O)c2ccncc2/C=C/C(=O)O)C1. The Kier molecular flexibility index (Phi) is 4.32. The number of pyridine rings is 1. The minimum atomic E-state index is -1.10. The van der Waals surface area contributed by atoms with Crippen LogP contribution >= 0.6 is 0 Å². The Morgan fingerprint density at radius 1 is 1.43 bits per heavy atom. The molecule has 0 aliphatic carbocycles. The lowest BCUT2D eigenvalue weighted by molar-refractivity contribution is -0.131. The predicted octanol–water partition coefficient (Wildman–Crippen LogP) is 0.127. The number of amides is 2. The van der Waals surface area contributed by atoms with Crippen LogP contribution in [-0.4, -0.2) is 45.9 Å². The van der Waals surface area contributed by atoms with Gasteiger partial charge in [0.25, 0.3) is 5.91 Å². The summed E-state index contributed by atoms with van der Waals surface area (Å²) in [4.78, 5) is 39.6. The number of rotatable bonds is 4. The molecule has 0 bridgehead atoms. The van der Waals surface area contributed by atoms with Crippen molar-refractivity contribution in [3.63, 3.8) is 0 Å². The molecule has 7 nitrogen and oxygen atoms in total. The topological polar surface area (TPSA) is 114 Å². The zero-order valence-electron chi connectivity index (χ0n) is 11.2. The van der Waals surface area contributed by atoms with E-state index >= 15 is 0 Å². The molecule has 1 aromatic rings. The number of aliphatic carboxylic acids is 1. The number of carbonyl (C=O) groups is 3. The fourth-order valence-electron chi connectivity index (χ4n) is 2.24. The minimum Gasteiger partial charge on any atom is -0.478 e. The van der Waals surface area contributed by atoms with E-state index in [1.165, 1.54) is 24.5 Å². The van der Waals surface area contributed by atoms with Crippen molar-refractivity contribution < 1.29 is 19.5 Å². The van der Waals surface area contributed by atoms with Crippen molar-refractivity contribution in [2.24, 2.45) is 11.7 Å². The van der Waals surface area contributed by atoms with Gasteiger partial charge in [-0.05, 0) is 18.6 Å². The number of nitrogens with two attached hydrogens (primary N) is 1. The second-order valence-electron chi connectivity index (χ2n) is 4.77. The fraction of sp³-hybridized carbons (Fsp3) is 0.286. The lowest BCUT2D eigenvalue weighted by Crippen LogP contribution is -2.32. The van der Waals surface area contributed by atoms with Gasteiger partial charge in [0.05, 0.1) is 5.92 Å². The molecule has 1 aliphatic rings. The van der Waals surface area contributed by atoms with Gasteiger partial charge in [-0.25, -0.2) is 4.79 Å². The van der Waals surface area contributed by atoms with Crippen LogP contribution in [0.5, 0.6) is 0 Å². The summed E-state index contributed by atoms with van der Waals surface area (Å²) in [5.41, 5.74) is 6.02. The molecule has 7 heteroatoms. The summed E-state index contributed by atoms with van der Waals surface area (Å²) in [6, 6.07) is 1.53. The van der Waals surface area contributed by atoms with Gasteiger partial charge in [0.15, 0.2) is 0 Å². The first kappa shape index (κ1) is 14.7. The van der Waals surface area contributed by atoms with Crippen LogP contribution in [0, 0.1) is 5.92 Å². The zero-order valence-corrected chi connectivity index (χ0v) is 11.2. The van der Waals surface area contributed by atoms with Gasteiger partial charge in [0, 0.05) is 42.7 Å². The van der Waals surface area contributed by atoms with Gasteiger partial charge >= 0.3 is 5.97 Å². The highest BCUT2D eigenvalue weighted by Gasteiger charge is 2.30. The monoisotopic (exact) mass is 289 g/mol. The third kappa shape index (κ3) is 3.44. The summed E-state index contributed by atoms with van der Waals surface area (Å²) < 4.78 is 0. The summed E-state index contributed by atoms with van der Waals surface area (Å²) in [5, 5.41) is 8.66. The van der Waals surface area contributed by atoms with Gasteiger partial charge < -0.3 is 15.7 Å². The smallest absolute Gasteiger partial charge is 0.328 e. The molecule has 1 atom stereocenters. The van der Waals surface area contributed by atoms with E-state index in [-0.39, 0.29) is 11.8 Å². The van der Waals surface area contributed by atoms with Crippen LogP contribution in [0.3, 0.4) is 0 Å². The van der Waals surface area contributed by atoms with E-state index < -0.39 is 11.9 Å². The molecule has 0 aromatic carbocycles. The van der Waals surface area contributed by atoms with E-state index in [2.05, 4.69) is 4.98 Å². The van der Waals surface area contributed by atoms with Gasteiger partial charge in [-0.1, -0.05) is 0 Å². The predicted molar refractivity (Wildman–Crippen MR) is 74.1 cm³/mol. The first-order chi connectivity index (χ1) is 9.99. The van der Waals surface area contributed by atoms with Crippen LogP contribution < -0.4 is 5.73 Å². The largest absolute Gasteiger partial charge is 0.478 e. The Morgan fingerprint density at radius 3 is 2.81 bits per heavy atom. The Balaban J connectivity index is 2.20. The number of nitrogens with zero attached hydrogens (tertiary/aromatic N) is 2. The molecule has 2 rings (SSSR count). The quantitative estimate of drug-likeness (QED) is 0.765. The number of aromatic nitrogens is 1. The molecule has 1 aromatic heterocycles. The fourth-order valence-corrected chi connectivity index (χ4v) is 2.24. The Bertz CT molecular complexity index is 612. The van der Waals surface area contributed by atoms with E-state index in [1.54, 1.807) is 4.90 Å². The number of carboxylic acids is 1. The van der Waals surface area contributed by atoms with Crippen LogP contribution in [0.2, 0.25) is 0 Å². The average molecular weight is 289 g/mol. The maximum absolute atomic E-state index is 12.4. The average Bonchev–Trinajstić information content (AvgIpc) is 2.94. The summed E-state index contributed by atoms with van der Waals surface area (Å²) >= 11 is 0. The molecule has 0 spiro atoms. The highest BCUT2D eigenvalue weighted by Crippen LogP contribution is 2.20. The molecular formula is C14H15N3O4. The summed E-state index contributed by atoms with van der Waals surface area (Å²) in [5.74, 6) is -2.10. The van der Waals surface area contributed by atoms with Crippen LogP contribution in [-0.2, 0) is 9.59 Å². The summed E-state index contributed by atoms with van der Waals surface area (Å²) in [7, 11) is 0. The third-order valence-corrected chi connectivity index (χ3v) is 3.37. The number of hydrogen-bond acceptors (Lipinski definition) is 4. The molecule has 0 radical (unpaired) electrons. The number of primary amides is 1. The van der Waals surface area contributed by atoms with Crippen molar-refractivity contribution in [1.82, 2.24) is 9.88 Å². The van der Waals surface area contributed by atoms with Crippen molar-refractivity contribution >= 4 is 23.9 Å². The molecular weight excluding hydrogens is 274 g/mol. The maximum Gasteiger partial charge on any atom is 0.328 e.